The van der Waals surface area contributed by atoms with E-state index in [1.165, 1.54) is 45.2 Å². The van der Waals surface area contributed by atoms with Crippen LogP contribution in [0.5, 0.6) is 0 Å². The van der Waals surface area contributed by atoms with Gasteiger partial charge in [-0.2, -0.15) is 0 Å². The van der Waals surface area contributed by atoms with Crippen LogP contribution in [0.4, 0.5) is 0 Å². The van der Waals surface area contributed by atoms with Crippen molar-refractivity contribution in [3.05, 3.63) is 0 Å². The molecule has 2 rings (SSSR count). The zero-order valence-corrected chi connectivity index (χ0v) is 12.0. The monoisotopic (exact) mass is 239 g/mol. The number of aliphatic hydroxyl groups excluding tert-OH is 1. The smallest absolute Gasteiger partial charge is 0.0746 e. The molecule has 2 unspecified atom stereocenters. The molecule has 0 radical (unpaired) electrons. The van der Waals surface area contributed by atoms with Crippen LogP contribution in [0.3, 0.4) is 0 Å². The van der Waals surface area contributed by atoms with Gasteiger partial charge in [0, 0.05) is 6.04 Å². The van der Waals surface area contributed by atoms with E-state index in [1.54, 1.807) is 0 Å². The molecule has 1 saturated carbocycles. The summed E-state index contributed by atoms with van der Waals surface area (Å²) in [5.74, 6) is 0. The third-order valence-electron chi connectivity index (χ3n) is 5.58. The summed E-state index contributed by atoms with van der Waals surface area (Å²) in [7, 11) is 0. The van der Waals surface area contributed by atoms with Crippen molar-refractivity contribution in [2.45, 2.75) is 71.9 Å². The fraction of sp³-hybridized carbons (Fsp3) is 1.00. The maximum atomic E-state index is 10.4. The van der Waals surface area contributed by atoms with Crippen LogP contribution in [-0.2, 0) is 0 Å². The van der Waals surface area contributed by atoms with Crippen molar-refractivity contribution in [1.29, 1.82) is 0 Å². The summed E-state index contributed by atoms with van der Waals surface area (Å²) in [6.07, 6.45) is 6.10. The Morgan fingerprint density at radius 1 is 1.12 bits per heavy atom. The van der Waals surface area contributed by atoms with Crippen LogP contribution in [0.25, 0.3) is 0 Å². The van der Waals surface area contributed by atoms with Crippen LogP contribution < -0.4 is 0 Å². The van der Waals surface area contributed by atoms with Gasteiger partial charge in [0.2, 0.25) is 0 Å². The van der Waals surface area contributed by atoms with E-state index in [0.29, 0.717) is 11.5 Å². The molecule has 2 fully saturated rings. The van der Waals surface area contributed by atoms with E-state index < -0.39 is 0 Å². The lowest BCUT2D eigenvalue weighted by Crippen LogP contribution is -2.49. The van der Waals surface area contributed by atoms with Gasteiger partial charge in [0.25, 0.3) is 0 Å². The van der Waals surface area contributed by atoms with Gasteiger partial charge in [-0.25, -0.2) is 0 Å². The van der Waals surface area contributed by atoms with E-state index in [4.69, 9.17) is 0 Å². The molecule has 2 heteroatoms. The van der Waals surface area contributed by atoms with Crippen molar-refractivity contribution in [2.75, 3.05) is 13.1 Å². The lowest BCUT2D eigenvalue weighted by atomic mass is 9.77. The van der Waals surface area contributed by atoms with Gasteiger partial charge in [-0.15, -0.1) is 0 Å². The van der Waals surface area contributed by atoms with Crippen molar-refractivity contribution in [3.63, 3.8) is 0 Å². The number of hydrogen-bond donors (Lipinski definition) is 1. The minimum atomic E-state index is -0.131. The first-order valence-corrected chi connectivity index (χ1v) is 7.30. The van der Waals surface area contributed by atoms with Gasteiger partial charge in [-0.1, -0.05) is 34.1 Å². The van der Waals surface area contributed by atoms with Crippen molar-refractivity contribution >= 4 is 0 Å². The zero-order chi connectivity index (χ0) is 12.7. The number of hydrogen-bond acceptors (Lipinski definition) is 2. The van der Waals surface area contributed by atoms with Gasteiger partial charge >= 0.3 is 0 Å². The van der Waals surface area contributed by atoms with Gasteiger partial charge in [-0.05, 0) is 49.6 Å². The highest BCUT2D eigenvalue weighted by molar-refractivity contribution is 4.98. The maximum absolute atomic E-state index is 10.4. The van der Waals surface area contributed by atoms with Gasteiger partial charge in [0.05, 0.1) is 6.10 Å². The van der Waals surface area contributed by atoms with E-state index in [0.717, 1.165) is 0 Å². The summed E-state index contributed by atoms with van der Waals surface area (Å²) < 4.78 is 0. The quantitative estimate of drug-likeness (QED) is 0.800. The van der Waals surface area contributed by atoms with Crippen LogP contribution in [0, 0.1) is 10.8 Å². The van der Waals surface area contributed by atoms with Gasteiger partial charge in [0.15, 0.2) is 0 Å². The third-order valence-corrected chi connectivity index (χ3v) is 5.58. The second-order valence-corrected chi connectivity index (χ2v) is 7.24. The molecule has 0 bridgehead atoms. The normalized spacial score (nSPS) is 37.2. The Morgan fingerprint density at radius 3 is 2.12 bits per heavy atom. The summed E-state index contributed by atoms with van der Waals surface area (Å²) >= 11 is 0. The molecule has 1 aliphatic carbocycles. The van der Waals surface area contributed by atoms with E-state index in [-0.39, 0.29) is 11.5 Å². The van der Waals surface area contributed by atoms with E-state index >= 15 is 0 Å². The SMILES string of the molecule is CCC1(C)CCN(C2CCC(C)(C)C2O)CC1. The van der Waals surface area contributed by atoms with E-state index in [2.05, 4.69) is 32.6 Å². The average molecular weight is 239 g/mol. The summed E-state index contributed by atoms with van der Waals surface area (Å²) in [5, 5.41) is 10.4. The minimum Gasteiger partial charge on any atom is -0.391 e. The summed E-state index contributed by atoms with van der Waals surface area (Å²) in [6, 6.07) is 0.423. The van der Waals surface area contributed by atoms with Crippen LogP contribution >= 0.6 is 0 Å². The van der Waals surface area contributed by atoms with Crippen LogP contribution in [-0.4, -0.2) is 35.2 Å². The van der Waals surface area contributed by atoms with Crippen LogP contribution in [0.2, 0.25) is 0 Å². The third kappa shape index (κ3) is 2.53. The number of aliphatic hydroxyl groups is 1. The molecule has 1 aliphatic heterocycles. The number of piperidine rings is 1. The second kappa shape index (κ2) is 4.55. The van der Waals surface area contributed by atoms with Crippen LogP contribution in [0.15, 0.2) is 0 Å². The van der Waals surface area contributed by atoms with Crippen molar-refractivity contribution in [3.8, 4) is 0 Å². The molecule has 1 N–H and O–H groups in total. The zero-order valence-electron chi connectivity index (χ0n) is 12.0. The fourth-order valence-corrected chi connectivity index (χ4v) is 3.48. The van der Waals surface area contributed by atoms with Crippen molar-refractivity contribution in [1.82, 2.24) is 4.90 Å². The Balaban J connectivity index is 1.94. The highest BCUT2D eigenvalue weighted by atomic mass is 16.3. The Kier molecular flexibility index (Phi) is 3.57. The standard InChI is InChI=1S/C15H29NO/c1-5-15(4)8-10-16(11-9-15)12-6-7-14(2,3)13(12)17/h12-13,17H,5-11H2,1-4H3. The van der Waals surface area contributed by atoms with Crippen molar-refractivity contribution < 1.29 is 5.11 Å². The topological polar surface area (TPSA) is 23.5 Å². The molecular formula is C15H29NO. The predicted octanol–water partition coefficient (Wildman–Crippen LogP) is 3.05. The van der Waals surface area contributed by atoms with Gasteiger partial charge < -0.3 is 5.11 Å². The molecule has 2 atom stereocenters. The Bertz CT molecular complexity index is 266. The first kappa shape index (κ1) is 13.4. The molecule has 0 aromatic rings. The largest absolute Gasteiger partial charge is 0.391 e. The molecule has 1 heterocycles. The Hall–Kier alpha value is -0.0800. The van der Waals surface area contributed by atoms with E-state index in [9.17, 15) is 5.11 Å². The van der Waals surface area contributed by atoms with Crippen molar-refractivity contribution in [2.24, 2.45) is 10.8 Å². The minimum absolute atomic E-state index is 0.121. The fourth-order valence-electron chi connectivity index (χ4n) is 3.48. The molecule has 17 heavy (non-hydrogen) atoms. The second-order valence-electron chi connectivity index (χ2n) is 7.24. The lowest BCUT2D eigenvalue weighted by molar-refractivity contribution is -0.00813. The predicted molar refractivity (Wildman–Crippen MR) is 72.0 cm³/mol. The maximum Gasteiger partial charge on any atom is 0.0746 e. The number of nitrogens with zero attached hydrogens (tertiary/aromatic N) is 1. The highest BCUT2D eigenvalue weighted by Gasteiger charge is 2.44. The van der Waals surface area contributed by atoms with Gasteiger partial charge in [0.1, 0.15) is 0 Å². The molecule has 0 amide bonds. The number of rotatable bonds is 2. The molecule has 0 aromatic heterocycles. The summed E-state index contributed by atoms with van der Waals surface area (Å²) in [5.41, 5.74) is 0.672. The molecule has 100 valence electrons. The summed E-state index contributed by atoms with van der Waals surface area (Å²) in [6.45, 7) is 11.5. The Labute approximate surface area is 106 Å². The molecule has 2 nitrogen and oxygen atoms in total. The molecular weight excluding hydrogens is 210 g/mol. The summed E-state index contributed by atoms with van der Waals surface area (Å²) in [4.78, 5) is 2.55. The highest BCUT2D eigenvalue weighted by Crippen LogP contribution is 2.42. The molecule has 0 aromatic carbocycles. The first-order valence-electron chi connectivity index (χ1n) is 7.30. The molecule has 0 spiro atoms. The number of likely N-dealkylation sites (tertiary alicyclic amines) is 1. The lowest BCUT2D eigenvalue weighted by Gasteiger charge is -2.43. The molecule has 1 saturated heterocycles. The molecule has 2 aliphatic rings. The van der Waals surface area contributed by atoms with Crippen LogP contribution in [0.1, 0.15) is 59.8 Å². The first-order chi connectivity index (χ1) is 7.88. The average Bonchev–Trinajstić information content (AvgIpc) is 2.56. The van der Waals surface area contributed by atoms with E-state index in [1.807, 2.05) is 0 Å². The van der Waals surface area contributed by atoms with Gasteiger partial charge in [-0.3, -0.25) is 4.90 Å². The Morgan fingerprint density at radius 2 is 1.71 bits per heavy atom.